The highest BCUT2D eigenvalue weighted by atomic mass is 16.5. The molecule has 0 saturated heterocycles. The number of para-hydroxylation sites is 2. The lowest BCUT2D eigenvalue weighted by Crippen LogP contribution is -2.32. The fourth-order valence-corrected chi connectivity index (χ4v) is 2.83. The molecule has 0 bridgehead atoms. The number of rotatable bonds is 5. The number of benzene rings is 3. The van der Waals surface area contributed by atoms with E-state index in [4.69, 9.17) is 4.74 Å². The lowest BCUT2D eigenvalue weighted by Gasteiger charge is -2.09. The third kappa shape index (κ3) is 3.61. The molecule has 3 aromatic carbocycles. The van der Waals surface area contributed by atoms with Crippen molar-refractivity contribution in [3.63, 3.8) is 0 Å². The average molecular weight is 371 g/mol. The van der Waals surface area contributed by atoms with Crippen molar-refractivity contribution in [1.82, 2.24) is 9.66 Å². The molecule has 0 aliphatic rings. The van der Waals surface area contributed by atoms with Crippen molar-refractivity contribution in [3.8, 4) is 5.75 Å². The van der Waals surface area contributed by atoms with Crippen LogP contribution in [0.15, 0.2) is 93.6 Å². The van der Waals surface area contributed by atoms with Gasteiger partial charge < -0.3 is 9.72 Å². The molecule has 0 spiro atoms. The van der Waals surface area contributed by atoms with Crippen LogP contribution in [0.5, 0.6) is 5.75 Å². The Balaban J connectivity index is 1.65. The highest BCUT2D eigenvalue weighted by molar-refractivity contribution is 5.83. The summed E-state index contributed by atoms with van der Waals surface area (Å²) in [6.07, 6.45) is 1.45. The number of hydrogen-bond donors (Lipinski definition) is 1. The molecule has 0 aliphatic heterocycles. The molecule has 1 heterocycles. The van der Waals surface area contributed by atoms with Gasteiger partial charge in [-0.3, -0.25) is 4.79 Å². The van der Waals surface area contributed by atoms with E-state index in [1.165, 1.54) is 6.21 Å². The van der Waals surface area contributed by atoms with Crippen LogP contribution >= 0.6 is 0 Å². The fraction of sp³-hybridized carbons (Fsp3) is 0.0455. The van der Waals surface area contributed by atoms with Gasteiger partial charge in [0.2, 0.25) is 0 Å². The van der Waals surface area contributed by atoms with Crippen molar-refractivity contribution >= 4 is 17.1 Å². The van der Waals surface area contributed by atoms with Gasteiger partial charge in [-0.2, -0.15) is 5.10 Å². The zero-order chi connectivity index (χ0) is 19.3. The summed E-state index contributed by atoms with van der Waals surface area (Å²) < 4.78 is 6.69. The molecule has 138 valence electrons. The van der Waals surface area contributed by atoms with Crippen LogP contribution in [0.25, 0.3) is 10.9 Å². The first-order valence-corrected chi connectivity index (χ1v) is 8.76. The Kier molecular flexibility index (Phi) is 4.84. The van der Waals surface area contributed by atoms with Crippen molar-refractivity contribution in [3.05, 3.63) is 111 Å². The molecular weight excluding hydrogens is 354 g/mol. The Labute approximate surface area is 160 Å². The summed E-state index contributed by atoms with van der Waals surface area (Å²) in [6.45, 7) is 0.405. The van der Waals surface area contributed by atoms with Gasteiger partial charge in [0.15, 0.2) is 0 Å². The van der Waals surface area contributed by atoms with Crippen LogP contribution in [-0.2, 0) is 6.61 Å². The summed E-state index contributed by atoms with van der Waals surface area (Å²) in [5.41, 5.74) is 1.12. The van der Waals surface area contributed by atoms with E-state index in [1.54, 1.807) is 24.3 Å². The van der Waals surface area contributed by atoms with Crippen LogP contribution in [0.4, 0.5) is 0 Å². The standard InChI is InChI=1S/C22H17N3O3/c26-21-18-11-5-6-12-19(18)24-22(27)25(21)23-14-17-10-4-7-13-20(17)28-15-16-8-2-1-3-9-16/h1-14H,15H2,(H,24,27). The number of aromatic nitrogens is 2. The summed E-state index contributed by atoms with van der Waals surface area (Å²) in [7, 11) is 0. The number of fused-ring (bicyclic) bond motifs is 1. The van der Waals surface area contributed by atoms with Crippen LogP contribution in [-0.4, -0.2) is 15.9 Å². The zero-order valence-electron chi connectivity index (χ0n) is 14.9. The number of aromatic amines is 1. The molecule has 0 aliphatic carbocycles. The Morgan fingerprint density at radius 3 is 2.46 bits per heavy atom. The number of hydrogen-bond acceptors (Lipinski definition) is 4. The molecule has 0 unspecified atom stereocenters. The third-order valence-corrected chi connectivity index (χ3v) is 4.25. The smallest absolute Gasteiger partial charge is 0.349 e. The van der Waals surface area contributed by atoms with Gasteiger partial charge in [-0.05, 0) is 29.8 Å². The molecule has 0 saturated carbocycles. The first kappa shape index (κ1) is 17.5. The SMILES string of the molecule is O=c1[nH]c2ccccc2c(=O)n1N=Cc1ccccc1OCc1ccccc1. The van der Waals surface area contributed by atoms with E-state index >= 15 is 0 Å². The number of H-pyrrole nitrogens is 1. The lowest BCUT2D eigenvalue weighted by molar-refractivity contribution is 0.306. The Morgan fingerprint density at radius 1 is 0.893 bits per heavy atom. The molecule has 6 nitrogen and oxygen atoms in total. The quantitative estimate of drug-likeness (QED) is 0.548. The summed E-state index contributed by atoms with van der Waals surface area (Å²) in [5, 5.41) is 4.49. The first-order chi connectivity index (χ1) is 13.7. The van der Waals surface area contributed by atoms with Gasteiger partial charge in [-0.25, -0.2) is 4.79 Å². The van der Waals surface area contributed by atoms with Crippen LogP contribution in [0.3, 0.4) is 0 Å². The maximum absolute atomic E-state index is 12.6. The summed E-state index contributed by atoms with van der Waals surface area (Å²) >= 11 is 0. The summed E-state index contributed by atoms with van der Waals surface area (Å²) in [5.74, 6) is 0.611. The van der Waals surface area contributed by atoms with Crippen molar-refractivity contribution in [2.75, 3.05) is 0 Å². The fourth-order valence-electron chi connectivity index (χ4n) is 2.83. The molecule has 4 rings (SSSR count). The van der Waals surface area contributed by atoms with E-state index in [9.17, 15) is 9.59 Å². The Hall–Kier alpha value is -3.93. The van der Waals surface area contributed by atoms with Crippen molar-refractivity contribution < 1.29 is 4.74 Å². The third-order valence-electron chi connectivity index (χ3n) is 4.25. The van der Waals surface area contributed by atoms with E-state index in [1.807, 2.05) is 54.6 Å². The molecule has 0 atom stereocenters. The molecule has 0 radical (unpaired) electrons. The van der Waals surface area contributed by atoms with Crippen molar-refractivity contribution in [1.29, 1.82) is 0 Å². The second-order valence-electron chi connectivity index (χ2n) is 6.15. The molecule has 4 aromatic rings. The van der Waals surface area contributed by atoms with Gasteiger partial charge in [-0.1, -0.05) is 54.6 Å². The van der Waals surface area contributed by atoms with E-state index < -0.39 is 11.2 Å². The van der Waals surface area contributed by atoms with E-state index in [0.29, 0.717) is 28.8 Å². The van der Waals surface area contributed by atoms with Crippen molar-refractivity contribution in [2.24, 2.45) is 5.10 Å². The monoisotopic (exact) mass is 371 g/mol. The summed E-state index contributed by atoms with van der Waals surface area (Å²) in [6, 6.07) is 23.9. The minimum absolute atomic E-state index is 0.396. The second-order valence-corrected chi connectivity index (χ2v) is 6.15. The van der Waals surface area contributed by atoms with Crippen LogP contribution < -0.4 is 16.0 Å². The van der Waals surface area contributed by atoms with E-state index in [0.717, 1.165) is 10.2 Å². The highest BCUT2D eigenvalue weighted by Gasteiger charge is 2.06. The van der Waals surface area contributed by atoms with Gasteiger partial charge in [0, 0.05) is 5.56 Å². The average Bonchev–Trinajstić information content (AvgIpc) is 2.73. The Bertz CT molecular complexity index is 1260. The Morgan fingerprint density at radius 2 is 1.61 bits per heavy atom. The second kappa shape index (κ2) is 7.75. The lowest BCUT2D eigenvalue weighted by atomic mass is 10.2. The van der Waals surface area contributed by atoms with Gasteiger partial charge in [0.25, 0.3) is 5.56 Å². The molecule has 1 N–H and O–H groups in total. The number of ether oxygens (including phenoxy) is 1. The van der Waals surface area contributed by atoms with E-state index in [2.05, 4.69) is 10.1 Å². The topological polar surface area (TPSA) is 76.5 Å². The van der Waals surface area contributed by atoms with Crippen LogP contribution in [0, 0.1) is 0 Å². The molecule has 28 heavy (non-hydrogen) atoms. The van der Waals surface area contributed by atoms with Gasteiger partial charge in [0.1, 0.15) is 12.4 Å². The normalized spacial score (nSPS) is 11.1. The summed E-state index contributed by atoms with van der Waals surface area (Å²) in [4.78, 5) is 27.5. The van der Waals surface area contributed by atoms with Gasteiger partial charge >= 0.3 is 5.69 Å². The predicted molar refractivity (Wildman–Crippen MR) is 109 cm³/mol. The first-order valence-electron chi connectivity index (χ1n) is 8.76. The van der Waals surface area contributed by atoms with E-state index in [-0.39, 0.29) is 0 Å². The van der Waals surface area contributed by atoms with Crippen molar-refractivity contribution in [2.45, 2.75) is 6.61 Å². The largest absolute Gasteiger partial charge is 0.488 e. The molecule has 0 amide bonds. The number of nitrogens with zero attached hydrogens (tertiary/aromatic N) is 2. The molecule has 6 heteroatoms. The van der Waals surface area contributed by atoms with Gasteiger partial charge in [0.05, 0.1) is 17.1 Å². The zero-order valence-corrected chi connectivity index (χ0v) is 14.9. The number of nitrogens with one attached hydrogen (secondary N) is 1. The molecule has 1 aromatic heterocycles. The maximum Gasteiger partial charge on any atom is 0.349 e. The van der Waals surface area contributed by atoms with Gasteiger partial charge in [-0.15, -0.1) is 4.68 Å². The predicted octanol–water partition coefficient (Wildman–Crippen LogP) is 3.15. The molecule has 0 fully saturated rings. The minimum atomic E-state index is -0.595. The van der Waals surface area contributed by atoms with Crippen LogP contribution in [0.1, 0.15) is 11.1 Å². The highest BCUT2D eigenvalue weighted by Crippen LogP contribution is 2.17. The minimum Gasteiger partial charge on any atom is -0.488 e. The molecular formula is C22H17N3O3. The maximum atomic E-state index is 12.6. The van der Waals surface area contributed by atoms with Crippen LogP contribution in [0.2, 0.25) is 0 Å².